The average Bonchev–Trinajstić information content (AvgIpc) is 2.41. The van der Waals surface area contributed by atoms with E-state index >= 15 is 0 Å². The van der Waals surface area contributed by atoms with Gasteiger partial charge in [0, 0.05) is 5.56 Å². The third-order valence-corrected chi connectivity index (χ3v) is 2.48. The van der Waals surface area contributed by atoms with Crippen LogP contribution in [0.25, 0.3) is 0 Å². The first kappa shape index (κ1) is 11.9. The molecule has 2 aromatic carbocycles. The van der Waals surface area contributed by atoms with Crippen molar-refractivity contribution in [2.45, 2.75) is 0 Å². The molecule has 0 radical (unpaired) electrons. The van der Waals surface area contributed by atoms with Gasteiger partial charge < -0.3 is 10.4 Å². The van der Waals surface area contributed by atoms with Gasteiger partial charge in [-0.15, -0.1) is 0 Å². The number of para-hydroxylation sites is 2. The molecule has 0 atom stereocenters. The first-order valence-corrected chi connectivity index (χ1v) is 5.36. The lowest BCUT2D eigenvalue weighted by Gasteiger charge is -2.08. The van der Waals surface area contributed by atoms with Gasteiger partial charge in [0.1, 0.15) is 5.75 Å². The number of nitrogens with one attached hydrogen (secondary N) is 1. The zero-order valence-corrected chi connectivity index (χ0v) is 9.46. The Hall–Kier alpha value is -2.62. The van der Waals surface area contributed by atoms with Crippen molar-refractivity contribution in [2.24, 2.45) is 0 Å². The van der Waals surface area contributed by atoms with Gasteiger partial charge in [0.25, 0.3) is 5.91 Å². The highest BCUT2D eigenvalue weighted by atomic mass is 16.3. The second-order valence-electron chi connectivity index (χ2n) is 3.68. The highest BCUT2D eigenvalue weighted by Crippen LogP contribution is 2.22. The lowest BCUT2D eigenvalue weighted by molar-refractivity contribution is 0.101. The Kier molecular flexibility index (Phi) is 3.38. The number of aldehydes is 1. The van der Waals surface area contributed by atoms with E-state index in [1.807, 2.05) is 0 Å². The molecule has 18 heavy (non-hydrogen) atoms. The van der Waals surface area contributed by atoms with Crippen molar-refractivity contribution in [1.82, 2.24) is 0 Å². The molecule has 4 nitrogen and oxygen atoms in total. The number of anilines is 1. The van der Waals surface area contributed by atoms with E-state index in [1.54, 1.807) is 42.5 Å². The fourth-order valence-electron chi connectivity index (χ4n) is 1.58. The Balaban J connectivity index is 2.28. The quantitative estimate of drug-likeness (QED) is 0.640. The van der Waals surface area contributed by atoms with E-state index in [2.05, 4.69) is 5.32 Å². The lowest BCUT2D eigenvalue weighted by Crippen LogP contribution is -2.14. The Morgan fingerprint density at radius 3 is 2.44 bits per heavy atom. The predicted molar refractivity (Wildman–Crippen MR) is 67.9 cm³/mol. The van der Waals surface area contributed by atoms with Crippen LogP contribution in [0.1, 0.15) is 20.7 Å². The Morgan fingerprint density at radius 1 is 1.06 bits per heavy atom. The van der Waals surface area contributed by atoms with Crippen LogP contribution < -0.4 is 5.32 Å². The predicted octanol–water partition coefficient (Wildman–Crippen LogP) is 2.46. The van der Waals surface area contributed by atoms with Crippen LogP contribution in [0.5, 0.6) is 5.75 Å². The van der Waals surface area contributed by atoms with Crippen molar-refractivity contribution in [3.05, 3.63) is 59.7 Å². The molecule has 0 aliphatic carbocycles. The molecule has 0 saturated heterocycles. The lowest BCUT2D eigenvalue weighted by atomic mass is 10.1. The van der Waals surface area contributed by atoms with E-state index in [0.717, 1.165) is 0 Å². The number of benzene rings is 2. The minimum atomic E-state index is -0.431. The molecule has 2 rings (SSSR count). The van der Waals surface area contributed by atoms with Gasteiger partial charge in [0.15, 0.2) is 6.29 Å². The Morgan fingerprint density at radius 2 is 1.72 bits per heavy atom. The number of amides is 1. The van der Waals surface area contributed by atoms with Crippen molar-refractivity contribution in [1.29, 1.82) is 0 Å². The molecule has 2 aromatic rings. The summed E-state index contributed by atoms with van der Waals surface area (Å²) in [6.07, 6.45) is 0.625. The maximum atomic E-state index is 12.0. The second-order valence-corrected chi connectivity index (χ2v) is 3.68. The Labute approximate surface area is 104 Å². The van der Waals surface area contributed by atoms with Crippen LogP contribution in [-0.4, -0.2) is 17.3 Å². The molecule has 2 N–H and O–H groups in total. The molecule has 0 aliphatic heterocycles. The molecule has 1 amide bonds. The van der Waals surface area contributed by atoms with Gasteiger partial charge in [0.2, 0.25) is 0 Å². The average molecular weight is 241 g/mol. The minimum Gasteiger partial charge on any atom is -0.506 e. The number of carbonyl (C=O) groups is 2. The minimum absolute atomic E-state index is 0.0190. The van der Waals surface area contributed by atoms with Gasteiger partial charge in [-0.2, -0.15) is 0 Å². The normalized spacial score (nSPS) is 9.78. The van der Waals surface area contributed by atoms with E-state index in [1.165, 1.54) is 6.07 Å². The summed E-state index contributed by atoms with van der Waals surface area (Å²) >= 11 is 0. The largest absolute Gasteiger partial charge is 0.506 e. The highest BCUT2D eigenvalue weighted by molar-refractivity contribution is 6.09. The third-order valence-electron chi connectivity index (χ3n) is 2.48. The maximum Gasteiger partial charge on any atom is 0.256 e. The van der Waals surface area contributed by atoms with Crippen LogP contribution in [0.3, 0.4) is 0 Å². The Bertz CT molecular complexity index is 593. The SMILES string of the molecule is O=Cc1ccccc1C(=O)Nc1ccccc1O. The zero-order chi connectivity index (χ0) is 13.0. The van der Waals surface area contributed by atoms with Crippen molar-refractivity contribution in [3.8, 4) is 5.75 Å². The summed E-state index contributed by atoms with van der Waals surface area (Å²) in [5, 5.41) is 12.1. The van der Waals surface area contributed by atoms with Gasteiger partial charge in [-0.25, -0.2) is 0 Å². The molecule has 0 aromatic heterocycles. The summed E-state index contributed by atoms with van der Waals surface area (Å²) in [6, 6.07) is 12.9. The van der Waals surface area contributed by atoms with Crippen LogP contribution >= 0.6 is 0 Å². The summed E-state index contributed by atoms with van der Waals surface area (Å²) in [4.78, 5) is 22.8. The summed E-state index contributed by atoms with van der Waals surface area (Å²) in [5.41, 5.74) is 0.893. The molecule has 0 unspecified atom stereocenters. The summed E-state index contributed by atoms with van der Waals surface area (Å²) < 4.78 is 0. The first-order chi connectivity index (χ1) is 8.72. The van der Waals surface area contributed by atoms with Gasteiger partial charge in [0.05, 0.1) is 11.3 Å². The number of phenols is 1. The van der Waals surface area contributed by atoms with E-state index < -0.39 is 5.91 Å². The van der Waals surface area contributed by atoms with Crippen molar-refractivity contribution >= 4 is 17.9 Å². The van der Waals surface area contributed by atoms with Crippen LogP contribution in [0.15, 0.2) is 48.5 Å². The number of rotatable bonds is 3. The van der Waals surface area contributed by atoms with Gasteiger partial charge in [-0.1, -0.05) is 30.3 Å². The fraction of sp³-hybridized carbons (Fsp3) is 0. The van der Waals surface area contributed by atoms with E-state index in [-0.39, 0.29) is 11.3 Å². The van der Waals surface area contributed by atoms with E-state index in [4.69, 9.17) is 0 Å². The second kappa shape index (κ2) is 5.14. The number of aromatic hydroxyl groups is 1. The number of hydrogen-bond acceptors (Lipinski definition) is 3. The summed E-state index contributed by atoms with van der Waals surface area (Å²) in [7, 11) is 0. The molecule has 0 fully saturated rings. The topological polar surface area (TPSA) is 66.4 Å². The third kappa shape index (κ3) is 2.38. The van der Waals surface area contributed by atoms with Crippen molar-refractivity contribution in [3.63, 3.8) is 0 Å². The summed E-state index contributed by atoms with van der Waals surface area (Å²) in [5.74, 6) is -0.450. The molecule has 4 heteroatoms. The smallest absolute Gasteiger partial charge is 0.256 e. The van der Waals surface area contributed by atoms with Crippen LogP contribution in [0.4, 0.5) is 5.69 Å². The van der Waals surface area contributed by atoms with Gasteiger partial charge >= 0.3 is 0 Å². The highest BCUT2D eigenvalue weighted by Gasteiger charge is 2.11. The molecule has 0 bridgehead atoms. The standard InChI is InChI=1S/C14H11NO3/c16-9-10-5-1-2-6-11(10)14(18)15-12-7-3-4-8-13(12)17/h1-9,17H,(H,15,18). The molecule has 90 valence electrons. The zero-order valence-electron chi connectivity index (χ0n) is 9.46. The van der Waals surface area contributed by atoms with E-state index in [9.17, 15) is 14.7 Å². The molecule has 0 heterocycles. The van der Waals surface area contributed by atoms with Crippen molar-refractivity contribution < 1.29 is 14.7 Å². The van der Waals surface area contributed by atoms with Gasteiger partial charge in [-0.3, -0.25) is 9.59 Å². The number of carbonyl (C=O) groups excluding carboxylic acids is 2. The summed E-state index contributed by atoms with van der Waals surface area (Å²) in [6.45, 7) is 0. The van der Waals surface area contributed by atoms with E-state index in [0.29, 0.717) is 17.5 Å². The first-order valence-electron chi connectivity index (χ1n) is 5.36. The monoisotopic (exact) mass is 241 g/mol. The molecule has 0 aliphatic rings. The van der Waals surface area contributed by atoms with Crippen molar-refractivity contribution in [2.75, 3.05) is 5.32 Å². The maximum absolute atomic E-state index is 12.0. The molecule has 0 saturated carbocycles. The molecular formula is C14H11NO3. The number of phenolic OH excluding ortho intramolecular Hbond substituents is 1. The van der Waals surface area contributed by atoms with Crippen LogP contribution in [0.2, 0.25) is 0 Å². The number of hydrogen-bond donors (Lipinski definition) is 2. The van der Waals surface area contributed by atoms with Crippen LogP contribution in [-0.2, 0) is 0 Å². The molecular weight excluding hydrogens is 230 g/mol. The fourth-order valence-corrected chi connectivity index (χ4v) is 1.58. The van der Waals surface area contributed by atoms with Gasteiger partial charge in [-0.05, 0) is 18.2 Å². The van der Waals surface area contributed by atoms with Crippen LogP contribution in [0, 0.1) is 0 Å². The molecule has 0 spiro atoms.